The van der Waals surface area contributed by atoms with E-state index >= 15 is 0 Å². The van der Waals surface area contributed by atoms with E-state index in [0.29, 0.717) is 22.7 Å². The van der Waals surface area contributed by atoms with Crippen molar-refractivity contribution in [1.29, 1.82) is 0 Å². The van der Waals surface area contributed by atoms with Crippen molar-refractivity contribution >= 4 is 33.2 Å². The maximum atomic E-state index is 13.4. The zero-order chi connectivity index (χ0) is 23.3. The summed E-state index contributed by atoms with van der Waals surface area (Å²) in [6, 6.07) is 17.4. The van der Waals surface area contributed by atoms with Crippen LogP contribution in [0.15, 0.2) is 71.6 Å². The number of nitrogens with one attached hydrogen (secondary N) is 1. The number of amides is 1. The summed E-state index contributed by atoms with van der Waals surface area (Å²) in [6.07, 6.45) is 0.493. The smallest absolute Gasteiger partial charge is 0.264 e. The largest absolute Gasteiger partial charge is 0.354 e. The van der Waals surface area contributed by atoms with Crippen LogP contribution in [0.25, 0.3) is 0 Å². The van der Waals surface area contributed by atoms with Crippen LogP contribution in [0.2, 0.25) is 5.02 Å². The number of carbonyl (C=O) groups excluding carboxylic acids is 1. The molecule has 0 unspecified atom stereocenters. The van der Waals surface area contributed by atoms with Gasteiger partial charge < -0.3 is 5.32 Å². The fourth-order valence-electron chi connectivity index (χ4n) is 3.17. The lowest BCUT2D eigenvalue weighted by Gasteiger charge is -2.26. The van der Waals surface area contributed by atoms with E-state index in [1.807, 2.05) is 6.92 Å². The molecule has 8 heteroatoms. The number of halogens is 2. The van der Waals surface area contributed by atoms with E-state index in [0.717, 1.165) is 15.4 Å². The normalized spacial score (nSPS) is 11.2. The molecule has 3 rings (SSSR count). The number of aryl methyl sites for hydroxylation is 2. The van der Waals surface area contributed by atoms with E-state index in [1.165, 1.54) is 30.3 Å². The summed E-state index contributed by atoms with van der Waals surface area (Å²) in [4.78, 5) is 12.8. The second-order valence-corrected chi connectivity index (χ2v) is 9.78. The van der Waals surface area contributed by atoms with Crippen molar-refractivity contribution in [3.05, 3.63) is 94.3 Å². The number of hydrogen-bond acceptors (Lipinski definition) is 3. The summed E-state index contributed by atoms with van der Waals surface area (Å²) in [6.45, 7) is 3.51. The molecule has 0 radical (unpaired) electrons. The van der Waals surface area contributed by atoms with Crippen LogP contribution < -0.4 is 9.62 Å². The molecule has 3 aromatic carbocycles. The zero-order valence-electron chi connectivity index (χ0n) is 17.8. The van der Waals surface area contributed by atoms with Crippen LogP contribution in [0.1, 0.15) is 16.7 Å². The van der Waals surface area contributed by atoms with Crippen molar-refractivity contribution in [1.82, 2.24) is 5.32 Å². The topological polar surface area (TPSA) is 66.5 Å². The lowest BCUT2D eigenvalue weighted by Crippen LogP contribution is -2.41. The van der Waals surface area contributed by atoms with E-state index in [9.17, 15) is 17.6 Å². The van der Waals surface area contributed by atoms with Gasteiger partial charge in [0.25, 0.3) is 10.0 Å². The molecule has 3 aromatic rings. The van der Waals surface area contributed by atoms with Gasteiger partial charge in [0.15, 0.2) is 0 Å². The molecule has 5 nitrogen and oxygen atoms in total. The molecule has 0 aliphatic heterocycles. The highest BCUT2D eigenvalue weighted by Gasteiger charge is 2.28. The summed E-state index contributed by atoms with van der Waals surface area (Å²) in [5.74, 6) is -0.784. The molecule has 0 heterocycles. The predicted octanol–water partition coefficient (Wildman–Crippen LogP) is 4.65. The molecule has 1 N–H and O–H groups in total. The molecule has 0 saturated carbocycles. The van der Waals surface area contributed by atoms with Gasteiger partial charge in [0, 0.05) is 11.6 Å². The number of sulfonamides is 1. The summed E-state index contributed by atoms with van der Waals surface area (Å²) >= 11 is 6.13. The molecule has 0 bridgehead atoms. The highest BCUT2D eigenvalue weighted by Crippen LogP contribution is 2.29. The van der Waals surface area contributed by atoms with Crippen molar-refractivity contribution in [3.63, 3.8) is 0 Å². The summed E-state index contributed by atoms with van der Waals surface area (Å²) in [7, 11) is -4.01. The van der Waals surface area contributed by atoms with Crippen molar-refractivity contribution in [2.24, 2.45) is 0 Å². The van der Waals surface area contributed by atoms with Crippen LogP contribution in [0.3, 0.4) is 0 Å². The highest BCUT2D eigenvalue weighted by molar-refractivity contribution is 7.92. The van der Waals surface area contributed by atoms with E-state index in [4.69, 9.17) is 11.6 Å². The Kier molecular flexibility index (Phi) is 7.53. The van der Waals surface area contributed by atoms with Gasteiger partial charge in [-0.1, -0.05) is 47.5 Å². The third kappa shape index (κ3) is 5.87. The molecule has 0 aromatic heterocycles. The van der Waals surface area contributed by atoms with Gasteiger partial charge in [-0.05, 0) is 67.8 Å². The second-order valence-electron chi connectivity index (χ2n) is 7.48. The van der Waals surface area contributed by atoms with Gasteiger partial charge >= 0.3 is 0 Å². The monoisotopic (exact) mass is 474 g/mol. The van der Waals surface area contributed by atoms with Crippen molar-refractivity contribution < 1.29 is 17.6 Å². The molecule has 168 valence electrons. The van der Waals surface area contributed by atoms with Crippen LogP contribution >= 0.6 is 11.6 Å². The van der Waals surface area contributed by atoms with Crippen molar-refractivity contribution in [2.75, 3.05) is 17.4 Å². The van der Waals surface area contributed by atoms with Crippen LogP contribution in [-0.4, -0.2) is 27.4 Å². The van der Waals surface area contributed by atoms with Gasteiger partial charge in [0.2, 0.25) is 5.91 Å². The van der Waals surface area contributed by atoms with Gasteiger partial charge in [0.1, 0.15) is 12.4 Å². The van der Waals surface area contributed by atoms with E-state index in [2.05, 4.69) is 5.32 Å². The van der Waals surface area contributed by atoms with Crippen LogP contribution in [0.5, 0.6) is 0 Å². The summed E-state index contributed by atoms with van der Waals surface area (Å²) in [5.41, 5.74) is 2.80. The van der Waals surface area contributed by atoms with Crippen molar-refractivity contribution in [3.8, 4) is 0 Å². The average molecular weight is 475 g/mol. The minimum Gasteiger partial charge on any atom is -0.354 e. The number of rotatable bonds is 8. The number of nitrogens with zero attached hydrogens (tertiary/aromatic N) is 1. The molecule has 32 heavy (non-hydrogen) atoms. The summed E-state index contributed by atoms with van der Waals surface area (Å²) < 4.78 is 41.0. The average Bonchev–Trinajstić information content (AvgIpc) is 2.75. The van der Waals surface area contributed by atoms with E-state index in [-0.39, 0.29) is 17.3 Å². The Labute approximate surface area is 192 Å². The Morgan fingerprint density at radius 3 is 2.31 bits per heavy atom. The van der Waals surface area contributed by atoms with Crippen LogP contribution in [-0.2, 0) is 21.2 Å². The van der Waals surface area contributed by atoms with Crippen LogP contribution in [0, 0.1) is 19.7 Å². The predicted molar refractivity (Wildman–Crippen MR) is 125 cm³/mol. The van der Waals surface area contributed by atoms with Gasteiger partial charge in [0.05, 0.1) is 10.6 Å². The van der Waals surface area contributed by atoms with E-state index < -0.39 is 22.5 Å². The lowest BCUT2D eigenvalue weighted by atomic mass is 10.1. The SMILES string of the molecule is Cc1ccc(S(=O)(=O)N(CC(=O)NCCc2ccc(F)cc2)c2cc(Cl)ccc2C)cc1. The first-order chi connectivity index (χ1) is 15.2. The first-order valence-corrected chi connectivity index (χ1v) is 11.9. The third-order valence-electron chi connectivity index (χ3n) is 4.99. The summed E-state index contributed by atoms with van der Waals surface area (Å²) in [5, 5.41) is 3.11. The Bertz CT molecular complexity index is 1200. The Balaban J connectivity index is 1.82. The number of carbonyl (C=O) groups is 1. The lowest BCUT2D eigenvalue weighted by molar-refractivity contribution is -0.119. The molecule has 0 fully saturated rings. The first-order valence-electron chi connectivity index (χ1n) is 10.0. The minimum atomic E-state index is -4.01. The van der Waals surface area contributed by atoms with Crippen LogP contribution in [0.4, 0.5) is 10.1 Å². The second kappa shape index (κ2) is 10.1. The number of hydrogen-bond donors (Lipinski definition) is 1. The van der Waals surface area contributed by atoms with E-state index in [1.54, 1.807) is 43.3 Å². The molecular weight excluding hydrogens is 451 g/mol. The quantitative estimate of drug-likeness (QED) is 0.516. The molecule has 0 spiro atoms. The minimum absolute atomic E-state index is 0.0848. The maximum Gasteiger partial charge on any atom is 0.264 e. The van der Waals surface area contributed by atoms with Gasteiger partial charge in [-0.3, -0.25) is 9.10 Å². The molecular formula is C24H24ClFN2O3S. The number of benzene rings is 3. The number of anilines is 1. The Morgan fingerprint density at radius 2 is 1.66 bits per heavy atom. The highest BCUT2D eigenvalue weighted by atomic mass is 35.5. The van der Waals surface area contributed by atoms with Crippen molar-refractivity contribution in [2.45, 2.75) is 25.2 Å². The third-order valence-corrected chi connectivity index (χ3v) is 6.99. The van der Waals surface area contributed by atoms with Gasteiger partial charge in [-0.2, -0.15) is 0 Å². The maximum absolute atomic E-state index is 13.4. The molecule has 0 aliphatic rings. The molecule has 1 amide bonds. The Morgan fingerprint density at radius 1 is 1.00 bits per heavy atom. The standard InChI is InChI=1S/C24H24ClFN2O3S/c1-17-3-11-22(12-4-17)32(30,31)28(23-15-20(25)8-5-18(23)2)16-24(29)27-14-13-19-6-9-21(26)10-7-19/h3-12,15H,13-14,16H2,1-2H3,(H,27,29). The fraction of sp³-hybridized carbons (Fsp3) is 0.208. The van der Waals surface area contributed by atoms with Gasteiger partial charge in [-0.15, -0.1) is 0 Å². The Hall–Kier alpha value is -2.90. The fourth-order valence-corrected chi connectivity index (χ4v) is 4.82. The molecule has 0 atom stereocenters. The van der Waals surface area contributed by atoms with Gasteiger partial charge in [-0.25, -0.2) is 12.8 Å². The molecule has 0 aliphatic carbocycles. The molecule has 0 saturated heterocycles. The first kappa shape index (κ1) is 23.8. The zero-order valence-corrected chi connectivity index (χ0v) is 19.4.